The molecule has 34 heavy (non-hydrogen) atoms. The van der Waals surface area contributed by atoms with Gasteiger partial charge in [0.2, 0.25) is 0 Å². The molecule has 0 saturated carbocycles. The molecular formula is C22H22N2O10. The third kappa shape index (κ3) is 4.77. The molecule has 5 atom stereocenters. The third-order valence-corrected chi connectivity index (χ3v) is 5.64. The van der Waals surface area contributed by atoms with E-state index in [-0.39, 0.29) is 29.8 Å². The van der Waals surface area contributed by atoms with Crippen LogP contribution in [0.15, 0.2) is 41.4 Å². The number of rotatable bonds is 4. The molecular weight excluding hydrogens is 452 g/mol. The average molecular weight is 474 g/mol. The molecule has 2 N–H and O–H groups in total. The van der Waals surface area contributed by atoms with Gasteiger partial charge in [-0.25, -0.2) is 14.4 Å². The quantitative estimate of drug-likeness (QED) is 0.359. The normalized spacial score (nSPS) is 27.9. The predicted octanol–water partition coefficient (Wildman–Crippen LogP) is 0.690. The standard InChI is InChI=1S/C22H22N2O10/c1-30-22(29)34-24-16-9-7-11(19(26)23-16)6-8-14-17-18(15(10-25)31-14)33-21(28)13-5-3-2-4-12(13)20(27)32-17/h2-5,7,9,11,14-15,17-18,25H,6,8,10H2,1H3,(H,23,24,26)/t11?,14-,15+,17-,18+/m0/s1. The second-order valence-corrected chi connectivity index (χ2v) is 7.72. The first-order chi connectivity index (χ1) is 16.4. The van der Waals surface area contributed by atoms with Crippen LogP contribution in [0.5, 0.6) is 0 Å². The van der Waals surface area contributed by atoms with E-state index < -0.39 is 60.9 Å². The van der Waals surface area contributed by atoms with E-state index in [1.54, 1.807) is 18.2 Å². The zero-order valence-corrected chi connectivity index (χ0v) is 18.0. The van der Waals surface area contributed by atoms with Gasteiger partial charge in [0.25, 0.3) is 5.91 Å². The van der Waals surface area contributed by atoms with Crippen LogP contribution in [0.2, 0.25) is 0 Å². The molecule has 1 aromatic carbocycles. The monoisotopic (exact) mass is 474 g/mol. The number of nitrogens with one attached hydrogen (secondary N) is 1. The second kappa shape index (κ2) is 10.0. The Morgan fingerprint density at radius 3 is 2.29 bits per heavy atom. The fourth-order valence-electron chi connectivity index (χ4n) is 3.97. The summed E-state index contributed by atoms with van der Waals surface area (Å²) in [7, 11) is 1.13. The van der Waals surface area contributed by atoms with Gasteiger partial charge in [-0.05, 0) is 31.1 Å². The van der Waals surface area contributed by atoms with Crippen molar-refractivity contribution in [2.24, 2.45) is 10.9 Å². The number of methoxy groups -OCH3 is 1. The lowest BCUT2D eigenvalue weighted by atomic mass is 9.95. The number of aliphatic imine (C=N–C) groups is 1. The van der Waals surface area contributed by atoms with Crippen LogP contribution in [0, 0.1) is 5.92 Å². The van der Waals surface area contributed by atoms with E-state index in [9.17, 15) is 24.3 Å². The van der Waals surface area contributed by atoms with Crippen molar-refractivity contribution < 1.29 is 48.1 Å². The molecule has 0 bridgehead atoms. The van der Waals surface area contributed by atoms with Crippen molar-refractivity contribution in [3.8, 4) is 0 Å². The van der Waals surface area contributed by atoms with Gasteiger partial charge in [-0.3, -0.25) is 4.79 Å². The van der Waals surface area contributed by atoms with Crippen LogP contribution in [0.1, 0.15) is 33.6 Å². The summed E-state index contributed by atoms with van der Waals surface area (Å²) in [6.07, 6.45) is -0.988. The molecule has 12 heteroatoms. The van der Waals surface area contributed by atoms with Crippen molar-refractivity contribution >= 4 is 29.8 Å². The molecule has 3 heterocycles. The number of hydroxylamine groups is 1. The molecule has 0 spiro atoms. The van der Waals surface area contributed by atoms with E-state index in [2.05, 4.69) is 20.0 Å². The zero-order chi connectivity index (χ0) is 24.2. The smallest absolute Gasteiger partial charge is 0.452 e. The fourth-order valence-corrected chi connectivity index (χ4v) is 3.97. The van der Waals surface area contributed by atoms with Crippen LogP contribution in [0.3, 0.4) is 0 Å². The van der Waals surface area contributed by atoms with Crippen LogP contribution in [0.25, 0.3) is 0 Å². The van der Waals surface area contributed by atoms with Crippen molar-refractivity contribution in [1.29, 1.82) is 0 Å². The summed E-state index contributed by atoms with van der Waals surface area (Å²) >= 11 is 0. The first kappa shape index (κ1) is 23.4. The van der Waals surface area contributed by atoms with Gasteiger partial charge in [-0.15, -0.1) is 0 Å². The molecule has 0 radical (unpaired) electrons. The van der Waals surface area contributed by atoms with Crippen molar-refractivity contribution in [3.05, 3.63) is 47.5 Å². The zero-order valence-electron chi connectivity index (χ0n) is 18.0. The molecule has 1 aromatic rings. The van der Waals surface area contributed by atoms with E-state index in [1.165, 1.54) is 18.2 Å². The van der Waals surface area contributed by atoms with Crippen molar-refractivity contribution in [1.82, 2.24) is 5.48 Å². The van der Waals surface area contributed by atoms with E-state index in [1.807, 2.05) is 0 Å². The summed E-state index contributed by atoms with van der Waals surface area (Å²) in [5, 5.41) is 9.74. The maximum absolute atomic E-state index is 12.7. The number of amides is 1. The minimum absolute atomic E-state index is 0.0312. The largest absolute Gasteiger partial charge is 0.532 e. The number of esters is 2. The van der Waals surface area contributed by atoms with Gasteiger partial charge in [0.15, 0.2) is 18.0 Å². The highest BCUT2D eigenvalue weighted by Gasteiger charge is 2.50. The maximum Gasteiger partial charge on any atom is 0.532 e. The van der Waals surface area contributed by atoms with Gasteiger partial charge in [0, 0.05) is 0 Å². The molecule has 0 aromatic heterocycles. The molecule has 1 unspecified atom stereocenters. The van der Waals surface area contributed by atoms with Crippen molar-refractivity contribution in [3.63, 3.8) is 0 Å². The molecule has 3 aliphatic rings. The topological polar surface area (TPSA) is 159 Å². The number of hydrogen-bond donors (Lipinski definition) is 2. The predicted molar refractivity (Wildman–Crippen MR) is 112 cm³/mol. The first-order valence-electron chi connectivity index (χ1n) is 10.5. The van der Waals surface area contributed by atoms with Gasteiger partial charge < -0.3 is 28.9 Å². The molecule has 180 valence electrons. The Morgan fingerprint density at radius 2 is 1.71 bits per heavy atom. The number of carbonyl (C=O) groups excluding carboxylic acids is 4. The van der Waals surface area contributed by atoms with E-state index in [0.717, 1.165) is 7.11 Å². The van der Waals surface area contributed by atoms with Gasteiger partial charge in [0.05, 0.1) is 36.9 Å². The van der Waals surface area contributed by atoms with Crippen molar-refractivity contribution in [2.45, 2.75) is 37.3 Å². The number of amidine groups is 1. The number of nitrogens with zero attached hydrogens (tertiary/aromatic N) is 1. The number of hydrogen-bond acceptors (Lipinski definition) is 11. The Hall–Kier alpha value is -3.77. The summed E-state index contributed by atoms with van der Waals surface area (Å²) in [6.45, 7) is -0.452. The molecule has 0 aliphatic carbocycles. The molecule has 12 nitrogen and oxygen atoms in total. The Labute approximate surface area is 193 Å². The summed E-state index contributed by atoms with van der Waals surface area (Å²) in [6, 6.07) is 6.13. The second-order valence-electron chi connectivity index (χ2n) is 7.72. The Balaban J connectivity index is 1.43. The molecule has 1 saturated heterocycles. The summed E-state index contributed by atoms with van der Waals surface area (Å²) in [5.41, 5.74) is 2.36. The lowest BCUT2D eigenvalue weighted by Gasteiger charge is -2.27. The molecule has 3 aliphatic heterocycles. The molecule has 4 rings (SSSR count). The van der Waals surface area contributed by atoms with E-state index in [0.29, 0.717) is 0 Å². The number of aliphatic hydroxyl groups is 1. The Kier molecular flexibility index (Phi) is 6.89. The fraction of sp³-hybridized carbons (Fsp3) is 0.409. The highest BCUT2D eigenvalue weighted by Crippen LogP contribution is 2.34. The lowest BCUT2D eigenvalue weighted by Crippen LogP contribution is -2.43. The van der Waals surface area contributed by atoms with Crippen molar-refractivity contribution in [2.75, 3.05) is 13.7 Å². The number of fused-ring (bicyclic) bond motifs is 2. The SMILES string of the molecule is COC(=O)ONC1=NC(=O)C(CC[C@@H]2O[C@H](CO)[C@H]3OC(=O)c4ccccc4C(=O)O[C@H]32)C=C1. The minimum Gasteiger partial charge on any atom is -0.452 e. The summed E-state index contributed by atoms with van der Waals surface area (Å²) < 4.78 is 21.3. The molecule has 1 fully saturated rings. The van der Waals surface area contributed by atoms with E-state index >= 15 is 0 Å². The highest BCUT2D eigenvalue weighted by atomic mass is 16.8. The lowest BCUT2D eigenvalue weighted by molar-refractivity contribution is -0.120. The van der Waals surface area contributed by atoms with Gasteiger partial charge in [-0.1, -0.05) is 18.2 Å². The van der Waals surface area contributed by atoms with Gasteiger partial charge in [-0.2, -0.15) is 10.5 Å². The third-order valence-electron chi connectivity index (χ3n) is 5.64. The number of benzene rings is 1. The van der Waals surface area contributed by atoms with Crippen LogP contribution in [-0.4, -0.2) is 73.1 Å². The maximum atomic E-state index is 12.7. The average Bonchev–Trinajstić information content (AvgIpc) is 3.16. The Bertz CT molecular complexity index is 1050. The number of ether oxygens (including phenoxy) is 4. The van der Waals surface area contributed by atoms with E-state index in [4.69, 9.17) is 14.2 Å². The number of aliphatic hydroxyl groups excluding tert-OH is 1. The van der Waals surface area contributed by atoms with Crippen LogP contribution < -0.4 is 5.48 Å². The Morgan fingerprint density at radius 1 is 1.06 bits per heavy atom. The highest BCUT2D eigenvalue weighted by molar-refractivity contribution is 6.05. The van der Waals surface area contributed by atoms with Crippen LogP contribution in [0.4, 0.5) is 4.79 Å². The number of dihydropyridines is 1. The summed E-state index contributed by atoms with van der Waals surface area (Å²) in [4.78, 5) is 57.1. The van der Waals surface area contributed by atoms with Crippen LogP contribution >= 0.6 is 0 Å². The van der Waals surface area contributed by atoms with Gasteiger partial charge >= 0.3 is 18.1 Å². The first-order valence-corrected chi connectivity index (χ1v) is 10.5. The summed E-state index contributed by atoms with van der Waals surface area (Å²) in [5.74, 6) is -2.47. The molecule has 1 amide bonds. The van der Waals surface area contributed by atoms with Gasteiger partial charge in [0.1, 0.15) is 6.10 Å². The minimum atomic E-state index is -0.998. The number of carbonyl (C=O) groups is 4. The van der Waals surface area contributed by atoms with Crippen LogP contribution in [-0.2, 0) is 28.6 Å².